The van der Waals surface area contributed by atoms with Crippen LogP contribution in [-0.2, 0) is 4.79 Å². The van der Waals surface area contributed by atoms with Crippen LogP contribution in [0, 0.1) is 0 Å². The van der Waals surface area contributed by atoms with E-state index in [2.05, 4.69) is 11.1 Å². The van der Waals surface area contributed by atoms with Crippen molar-refractivity contribution in [1.82, 2.24) is 4.90 Å². The van der Waals surface area contributed by atoms with Gasteiger partial charge in [0, 0.05) is 18.5 Å². The quantitative estimate of drug-likeness (QED) is 0.740. The molecule has 0 N–H and O–H groups in total. The zero-order chi connectivity index (χ0) is 17.8. The highest BCUT2D eigenvalue weighted by atomic mass is 32.2. The molecule has 4 nitrogen and oxygen atoms in total. The first-order valence-electron chi connectivity index (χ1n) is 8.60. The number of carbonyl (C=O) groups is 1. The number of ether oxygens (including phenoxy) is 1. The van der Waals surface area contributed by atoms with Crippen LogP contribution >= 0.6 is 11.8 Å². The summed E-state index contributed by atoms with van der Waals surface area (Å²) in [6, 6.07) is 12.1. The molecule has 1 saturated heterocycles. The number of benzene rings is 2. The van der Waals surface area contributed by atoms with Gasteiger partial charge >= 0.3 is 0 Å². The Hall–Kier alpha value is -2.27. The van der Waals surface area contributed by atoms with Crippen LogP contribution in [0.25, 0.3) is 16.8 Å². The first kappa shape index (κ1) is 17.5. The summed E-state index contributed by atoms with van der Waals surface area (Å²) in [5.41, 5.74) is 1.02. The van der Waals surface area contributed by atoms with E-state index in [0.717, 1.165) is 27.3 Å². The van der Waals surface area contributed by atoms with Crippen LogP contribution < -0.4 is 4.74 Å². The third kappa shape index (κ3) is 3.42. The number of fused-ring (bicyclic) bond motifs is 1. The second-order valence-electron chi connectivity index (χ2n) is 5.55. The minimum absolute atomic E-state index is 0.0256. The van der Waals surface area contributed by atoms with Crippen molar-refractivity contribution in [1.29, 1.82) is 0 Å². The van der Waals surface area contributed by atoms with Crippen molar-refractivity contribution in [2.45, 2.75) is 20.8 Å². The molecule has 0 saturated carbocycles. The van der Waals surface area contributed by atoms with Crippen molar-refractivity contribution >= 4 is 39.7 Å². The summed E-state index contributed by atoms with van der Waals surface area (Å²) in [6.45, 7) is 7.86. The molecule has 0 radical (unpaired) electrons. The Morgan fingerprint density at radius 2 is 1.88 bits per heavy atom. The molecular formula is C20H22N2O2S. The summed E-state index contributed by atoms with van der Waals surface area (Å²) in [7, 11) is 0. The standard InChI is InChI=1S/C20H22N2O2S/c1-4-21-20-22(5-2)19(23)18(25-20)13-14-11-12-17(24-6-3)16-10-8-7-9-15(14)16/h7-13H,4-6H2,1-3H3/b18-13-,21-20?. The van der Waals surface area contributed by atoms with E-state index in [1.54, 1.807) is 4.90 Å². The molecule has 1 amide bonds. The van der Waals surface area contributed by atoms with Crippen LogP contribution in [0.4, 0.5) is 0 Å². The SMILES string of the molecule is CCN=C1S/C(=C\c2ccc(OCC)c3ccccc23)C(=O)N1CC. The predicted octanol–water partition coefficient (Wildman–Crippen LogP) is 4.55. The number of hydrogen-bond acceptors (Lipinski definition) is 4. The Labute approximate surface area is 152 Å². The Bertz CT molecular complexity index is 858. The summed E-state index contributed by atoms with van der Waals surface area (Å²) >= 11 is 1.45. The van der Waals surface area contributed by atoms with E-state index in [0.29, 0.717) is 24.6 Å². The monoisotopic (exact) mass is 354 g/mol. The molecule has 0 bridgehead atoms. The van der Waals surface area contributed by atoms with Crippen LogP contribution in [-0.4, -0.2) is 35.7 Å². The lowest BCUT2D eigenvalue weighted by Crippen LogP contribution is -2.28. The van der Waals surface area contributed by atoms with Crippen molar-refractivity contribution < 1.29 is 9.53 Å². The van der Waals surface area contributed by atoms with Gasteiger partial charge in [-0.15, -0.1) is 0 Å². The number of hydrogen-bond donors (Lipinski definition) is 0. The van der Waals surface area contributed by atoms with E-state index in [4.69, 9.17) is 4.74 Å². The third-order valence-corrected chi connectivity index (χ3v) is 5.05. The fraction of sp³-hybridized carbons (Fsp3) is 0.300. The Morgan fingerprint density at radius 1 is 1.12 bits per heavy atom. The van der Waals surface area contributed by atoms with Crippen molar-refractivity contribution in [3.63, 3.8) is 0 Å². The number of thioether (sulfide) groups is 1. The number of nitrogens with zero attached hydrogens (tertiary/aromatic N) is 2. The van der Waals surface area contributed by atoms with E-state index in [-0.39, 0.29) is 5.91 Å². The summed E-state index contributed by atoms with van der Waals surface area (Å²) < 4.78 is 5.73. The lowest BCUT2D eigenvalue weighted by Gasteiger charge is -2.11. The maximum Gasteiger partial charge on any atom is 0.266 e. The lowest BCUT2D eigenvalue weighted by molar-refractivity contribution is -0.122. The summed E-state index contributed by atoms with van der Waals surface area (Å²) in [5, 5.41) is 2.93. The van der Waals surface area contributed by atoms with Crippen molar-refractivity contribution in [3.8, 4) is 5.75 Å². The van der Waals surface area contributed by atoms with Gasteiger partial charge in [-0.1, -0.05) is 30.3 Å². The smallest absolute Gasteiger partial charge is 0.266 e. The van der Waals surface area contributed by atoms with Crippen LogP contribution in [0.1, 0.15) is 26.3 Å². The minimum atomic E-state index is 0.0256. The van der Waals surface area contributed by atoms with Gasteiger partial charge in [-0.25, -0.2) is 0 Å². The summed E-state index contributed by atoms with van der Waals surface area (Å²) in [5.74, 6) is 0.895. The second-order valence-corrected chi connectivity index (χ2v) is 6.56. The average Bonchev–Trinajstić information content (AvgIpc) is 2.92. The average molecular weight is 354 g/mol. The van der Waals surface area contributed by atoms with Gasteiger partial charge in [-0.05, 0) is 55.6 Å². The van der Waals surface area contributed by atoms with Gasteiger partial charge in [-0.2, -0.15) is 0 Å². The highest BCUT2D eigenvalue weighted by molar-refractivity contribution is 8.18. The van der Waals surface area contributed by atoms with Crippen molar-refractivity contribution in [3.05, 3.63) is 46.9 Å². The summed E-state index contributed by atoms with van der Waals surface area (Å²) in [4.78, 5) is 19.6. The molecule has 0 atom stereocenters. The van der Waals surface area contributed by atoms with E-state index < -0.39 is 0 Å². The van der Waals surface area contributed by atoms with Crippen LogP contribution in [0.5, 0.6) is 5.75 Å². The Balaban J connectivity index is 2.06. The molecule has 2 aromatic rings. The highest BCUT2D eigenvalue weighted by Gasteiger charge is 2.31. The number of amidine groups is 1. The van der Waals surface area contributed by atoms with Gasteiger partial charge in [0.25, 0.3) is 5.91 Å². The van der Waals surface area contributed by atoms with Crippen LogP contribution in [0.2, 0.25) is 0 Å². The number of rotatable bonds is 5. The molecule has 0 aromatic heterocycles. The highest BCUT2D eigenvalue weighted by Crippen LogP contribution is 2.35. The van der Waals surface area contributed by atoms with Gasteiger partial charge < -0.3 is 4.74 Å². The van der Waals surface area contributed by atoms with Crippen molar-refractivity contribution in [2.75, 3.05) is 19.7 Å². The summed E-state index contributed by atoms with van der Waals surface area (Å²) in [6.07, 6.45) is 1.96. The molecule has 0 aliphatic carbocycles. The number of carbonyl (C=O) groups excluding carboxylic acids is 1. The van der Waals surface area contributed by atoms with Crippen LogP contribution in [0.15, 0.2) is 46.3 Å². The maximum atomic E-state index is 12.7. The fourth-order valence-corrected chi connectivity index (χ4v) is 3.98. The largest absolute Gasteiger partial charge is 0.493 e. The Morgan fingerprint density at radius 3 is 2.56 bits per heavy atom. The normalized spacial score (nSPS) is 17.9. The zero-order valence-electron chi connectivity index (χ0n) is 14.8. The number of likely N-dealkylation sites (N-methyl/N-ethyl adjacent to an activating group) is 1. The fourth-order valence-electron chi connectivity index (χ4n) is 2.88. The molecular weight excluding hydrogens is 332 g/mol. The molecule has 2 aromatic carbocycles. The molecule has 5 heteroatoms. The van der Waals surface area contributed by atoms with Crippen LogP contribution in [0.3, 0.4) is 0 Å². The van der Waals surface area contributed by atoms with E-state index in [1.807, 2.05) is 57.2 Å². The molecule has 1 aliphatic heterocycles. The van der Waals surface area contributed by atoms with Crippen molar-refractivity contribution in [2.24, 2.45) is 4.99 Å². The van der Waals surface area contributed by atoms with Gasteiger partial charge in [0.15, 0.2) is 5.17 Å². The van der Waals surface area contributed by atoms with E-state index >= 15 is 0 Å². The number of amides is 1. The maximum absolute atomic E-state index is 12.7. The molecule has 25 heavy (non-hydrogen) atoms. The molecule has 0 spiro atoms. The van der Waals surface area contributed by atoms with Gasteiger partial charge in [0.1, 0.15) is 5.75 Å². The van der Waals surface area contributed by atoms with E-state index in [9.17, 15) is 4.79 Å². The molecule has 1 fully saturated rings. The molecule has 3 rings (SSSR count). The Kier molecular flexibility index (Phi) is 5.43. The third-order valence-electron chi connectivity index (χ3n) is 4.00. The van der Waals surface area contributed by atoms with Gasteiger partial charge in [0.05, 0.1) is 11.5 Å². The van der Waals surface area contributed by atoms with Gasteiger partial charge in [0.2, 0.25) is 0 Å². The first-order chi connectivity index (χ1) is 12.2. The molecule has 1 heterocycles. The molecule has 130 valence electrons. The molecule has 1 aliphatic rings. The first-order valence-corrected chi connectivity index (χ1v) is 9.41. The van der Waals surface area contributed by atoms with Gasteiger partial charge in [-0.3, -0.25) is 14.7 Å². The lowest BCUT2D eigenvalue weighted by atomic mass is 10.0. The topological polar surface area (TPSA) is 41.9 Å². The second kappa shape index (κ2) is 7.74. The number of aliphatic imine (C=N–C) groups is 1. The van der Waals surface area contributed by atoms with E-state index in [1.165, 1.54) is 11.8 Å². The zero-order valence-corrected chi connectivity index (χ0v) is 15.6. The minimum Gasteiger partial charge on any atom is -0.493 e. The predicted molar refractivity (Wildman–Crippen MR) is 106 cm³/mol. The molecule has 0 unspecified atom stereocenters.